The molecule has 0 radical (unpaired) electrons. The SMILES string of the molecule is COc1ccc(Oc2ccccc2NC(=O)c2ccc(CNCCNc3ccc4c(c3)C(=O)N(C3CCC(=O)NC3=O)C4=O)cc2)cc1. The number of carbonyl (C=O) groups excluding carboxylic acids is 5. The van der Waals surface area contributed by atoms with Crippen LogP contribution < -0.4 is 30.7 Å². The molecule has 0 saturated carbocycles. The van der Waals surface area contributed by atoms with Crippen LogP contribution in [-0.4, -0.2) is 60.7 Å². The molecular weight excluding hydrogens is 614 g/mol. The maximum atomic E-state index is 13.0. The van der Waals surface area contributed by atoms with E-state index in [-0.39, 0.29) is 29.9 Å². The number of rotatable bonds is 12. The highest BCUT2D eigenvalue weighted by Crippen LogP contribution is 2.31. The highest BCUT2D eigenvalue weighted by Gasteiger charge is 2.44. The van der Waals surface area contributed by atoms with Crippen LogP contribution in [0.4, 0.5) is 11.4 Å². The molecule has 6 rings (SSSR count). The van der Waals surface area contributed by atoms with Gasteiger partial charge in [0.05, 0.1) is 23.9 Å². The van der Waals surface area contributed by atoms with E-state index in [4.69, 9.17) is 9.47 Å². The number of amides is 5. The van der Waals surface area contributed by atoms with Crippen molar-refractivity contribution >= 4 is 40.9 Å². The number of imide groups is 2. The number of benzene rings is 4. The van der Waals surface area contributed by atoms with Gasteiger partial charge in [0.25, 0.3) is 17.7 Å². The van der Waals surface area contributed by atoms with E-state index in [0.29, 0.717) is 48.1 Å². The Morgan fingerprint density at radius 3 is 2.33 bits per heavy atom. The van der Waals surface area contributed by atoms with Gasteiger partial charge in [0, 0.05) is 37.3 Å². The predicted octanol–water partition coefficient (Wildman–Crippen LogP) is 4.34. The van der Waals surface area contributed by atoms with E-state index in [9.17, 15) is 24.0 Å². The molecular formula is C36H33N5O7. The Bertz CT molecular complexity index is 1870. The maximum absolute atomic E-state index is 13.0. The first-order valence-corrected chi connectivity index (χ1v) is 15.4. The second-order valence-electron chi connectivity index (χ2n) is 11.2. The van der Waals surface area contributed by atoms with E-state index in [1.165, 1.54) is 0 Å². The zero-order valence-corrected chi connectivity index (χ0v) is 26.1. The van der Waals surface area contributed by atoms with Gasteiger partial charge in [-0.3, -0.25) is 34.2 Å². The fourth-order valence-electron chi connectivity index (χ4n) is 5.51. The van der Waals surface area contributed by atoms with Crippen molar-refractivity contribution < 1.29 is 33.4 Å². The Balaban J connectivity index is 0.967. The van der Waals surface area contributed by atoms with Gasteiger partial charge in [0.2, 0.25) is 11.8 Å². The third kappa shape index (κ3) is 7.03. The molecule has 1 atom stereocenters. The van der Waals surface area contributed by atoms with Crippen LogP contribution in [0, 0.1) is 0 Å². The minimum Gasteiger partial charge on any atom is -0.497 e. The summed E-state index contributed by atoms with van der Waals surface area (Å²) in [6.45, 7) is 1.70. The number of piperidine rings is 1. The van der Waals surface area contributed by atoms with E-state index < -0.39 is 29.7 Å². The van der Waals surface area contributed by atoms with Gasteiger partial charge < -0.3 is 25.4 Å². The molecule has 4 aromatic rings. The van der Waals surface area contributed by atoms with Crippen molar-refractivity contribution in [2.75, 3.05) is 30.8 Å². The van der Waals surface area contributed by atoms with Gasteiger partial charge >= 0.3 is 0 Å². The normalized spacial score (nSPS) is 15.5. The summed E-state index contributed by atoms with van der Waals surface area (Å²) in [7, 11) is 1.60. The second-order valence-corrected chi connectivity index (χ2v) is 11.2. The molecule has 12 nitrogen and oxygen atoms in total. The second kappa shape index (κ2) is 14.2. The Hall–Kier alpha value is -6.01. The summed E-state index contributed by atoms with van der Waals surface area (Å²) >= 11 is 0. The van der Waals surface area contributed by atoms with Crippen molar-refractivity contribution in [3.63, 3.8) is 0 Å². The summed E-state index contributed by atoms with van der Waals surface area (Å²) in [5.41, 5.74) is 3.15. The molecule has 1 unspecified atom stereocenters. The number of methoxy groups -OCH3 is 1. The van der Waals surface area contributed by atoms with Crippen LogP contribution in [0.5, 0.6) is 17.2 Å². The molecule has 0 bridgehead atoms. The summed E-state index contributed by atoms with van der Waals surface area (Å²) in [5, 5.41) is 11.7. The molecule has 0 spiro atoms. The lowest BCUT2D eigenvalue weighted by Gasteiger charge is -2.27. The van der Waals surface area contributed by atoms with Gasteiger partial charge in [-0.05, 0) is 78.7 Å². The lowest BCUT2D eigenvalue weighted by molar-refractivity contribution is -0.136. The van der Waals surface area contributed by atoms with Crippen LogP contribution in [-0.2, 0) is 16.1 Å². The standard InChI is InChI=1S/C36H33N5O7/c1-47-25-11-13-26(14-12-25)48-31-5-3-2-4-29(31)39-33(43)23-8-6-22(7-9-23)21-37-18-19-38-24-10-15-27-28(20-24)36(46)41(35(27)45)30-16-17-32(42)40-34(30)44/h2-15,20,30,37-38H,16-19,21H2,1H3,(H,39,43)(H,40,42,44). The highest BCUT2D eigenvalue weighted by molar-refractivity contribution is 6.23. The van der Waals surface area contributed by atoms with Crippen LogP contribution in [0.25, 0.3) is 0 Å². The molecule has 5 amide bonds. The van der Waals surface area contributed by atoms with Crippen molar-refractivity contribution in [2.45, 2.75) is 25.4 Å². The van der Waals surface area contributed by atoms with Crippen molar-refractivity contribution in [2.24, 2.45) is 0 Å². The number of fused-ring (bicyclic) bond motifs is 1. The average Bonchev–Trinajstić information content (AvgIpc) is 3.34. The number of nitrogens with one attached hydrogen (secondary N) is 4. The van der Waals surface area contributed by atoms with Crippen LogP contribution in [0.15, 0.2) is 91.0 Å². The first-order valence-electron chi connectivity index (χ1n) is 15.4. The molecule has 4 aromatic carbocycles. The van der Waals surface area contributed by atoms with Gasteiger partial charge in [0.15, 0.2) is 5.75 Å². The number of nitrogens with zero attached hydrogens (tertiary/aromatic N) is 1. The van der Waals surface area contributed by atoms with Crippen molar-refractivity contribution in [3.8, 4) is 17.2 Å². The summed E-state index contributed by atoms with van der Waals surface area (Å²) in [4.78, 5) is 63.7. The summed E-state index contributed by atoms with van der Waals surface area (Å²) in [6, 6.07) is 25.6. The predicted molar refractivity (Wildman–Crippen MR) is 177 cm³/mol. The number of hydrogen-bond donors (Lipinski definition) is 4. The molecule has 1 fully saturated rings. The smallest absolute Gasteiger partial charge is 0.262 e. The van der Waals surface area contributed by atoms with E-state index in [2.05, 4.69) is 21.3 Å². The Morgan fingerprint density at radius 1 is 0.854 bits per heavy atom. The topological polar surface area (TPSA) is 155 Å². The summed E-state index contributed by atoms with van der Waals surface area (Å²) in [6.07, 6.45) is 0.180. The number of para-hydroxylation sites is 2. The lowest BCUT2D eigenvalue weighted by Crippen LogP contribution is -2.54. The number of anilines is 2. The minimum atomic E-state index is -0.999. The summed E-state index contributed by atoms with van der Waals surface area (Å²) in [5.74, 6) is -0.556. The molecule has 48 heavy (non-hydrogen) atoms. The highest BCUT2D eigenvalue weighted by atomic mass is 16.5. The van der Waals surface area contributed by atoms with E-state index in [1.54, 1.807) is 73.8 Å². The zero-order valence-electron chi connectivity index (χ0n) is 26.1. The molecule has 2 heterocycles. The van der Waals surface area contributed by atoms with E-state index in [1.807, 2.05) is 24.3 Å². The molecule has 4 N–H and O–H groups in total. The van der Waals surface area contributed by atoms with Gasteiger partial charge in [-0.1, -0.05) is 24.3 Å². The Labute approximate surface area is 276 Å². The molecule has 244 valence electrons. The molecule has 12 heteroatoms. The first kappa shape index (κ1) is 32.0. The maximum Gasteiger partial charge on any atom is 0.262 e. The van der Waals surface area contributed by atoms with Crippen LogP contribution in [0.2, 0.25) is 0 Å². The number of carbonyl (C=O) groups is 5. The van der Waals surface area contributed by atoms with Crippen molar-refractivity contribution in [1.82, 2.24) is 15.5 Å². The molecule has 0 aromatic heterocycles. The van der Waals surface area contributed by atoms with Gasteiger partial charge in [-0.2, -0.15) is 0 Å². The van der Waals surface area contributed by atoms with Crippen molar-refractivity contribution in [3.05, 3.63) is 113 Å². The molecule has 1 saturated heterocycles. The lowest BCUT2D eigenvalue weighted by atomic mass is 10.0. The quantitative estimate of drug-likeness (QED) is 0.130. The van der Waals surface area contributed by atoms with Gasteiger partial charge in [-0.15, -0.1) is 0 Å². The third-order valence-corrected chi connectivity index (χ3v) is 8.04. The van der Waals surface area contributed by atoms with E-state index >= 15 is 0 Å². The van der Waals surface area contributed by atoms with Crippen molar-refractivity contribution in [1.29, 1.82) is 0 Å². The Kier molecular flexibility index (Phi) is 9.44. The monoisotopic (exact) mass is 647 g/mol. The van der Waals surface area contributed by atoms with Crippen LogP contribution >= 0.6 is 0 Å². The first-order chi connectivity index (χ1) is 23.3. The minimum absolute atomic E-state index is 0.0701. The van der Waals surface area contributed by atoms with E-state index in [0.717, 1.165) is 16.2 Å². The molecule has 0 aliphatic carbocycles. The number of ether oxygens (including phenoxy) is 2. The van der Waals surface area contributed by atoms with Crippen LogP contribution in [0.1, 0.15) is 49.5 Å². The third-order valence-electron chi connectivity index (χ3n) is 8.04. The fraction of sp³-hybridized carbons (Fsp3) is 0.194. The summed E-state index contributed by atoms with van der Waals surface area (Å²) < 4.78 is 11.2. The molecule has 2 aliphatic heterocycles. The molecule has 2 aliphatic rings. The zero-order chi connectivity index (χ0) is 33.6. The fourth-order valence-corrected chi connectivity index (χ4v) is 5.51. The Morgan fingerprint density at radius 2 is 1.58 bits per heavy atom. The van der Waals surface area contributed by atoms with Crippen LogP contribution in [0.3, 0.4) is 0 Å². The largest absolute Gasteiger partial charge is 0.497 e. The van der Waals surface area contributed by atoms with Gasteiger partial charge in [0.1, 0.15) is 17.5 Å². The van der Waals surface area contributed by atoms with Gasteiger partial charge in [-0.25, -0.2) is 0 Å². The average molecular weight is 648 g/mol. The number of hydrogen-bond acceptors (Lipinski definition) is 9.